The lowest BCUT2D eigenvalue weighted by molar-refractivity contribution is -0.0265. The zero-order valence-corrected chi connectivity index (χ0v) is 10.7. The van der Waals surface area contributed by atoms with E-state index in [0.29, 0.717) is 6.61 Å². The maximum Gasteiger partial charge on any atom is 0.408 e. The van der Waals surface area contributed by atoms with Gasteiger partial charge in [-0.1, -0.05) is 0 Å². The molecular weight excluding hydrogens is 210 g/mol. The van der Waals surface area contributed by atoms with Crippen molar-refractivity contribution in [1.82, 2.24) is 4.90 Å². The molecule has 0 saturated carbocycles. The van der Waals surface area contributed by atoms with Crippen molar-refractivity contribution in [2.24, 2.45) is 0 Å². The fourth-order valence-electron chi connectivity index (χ4n) is 1.59. The molecule has 0 aromatic heterocycles. The number of carboxylic acid groups (broad SMARTS) is 1. The van der Waals surface area contributed by atoms with E-state index in [2.05, 4.69) is 0 Å². The van der Waals surface area contributed by atoms with Crippen LogP contribution in [0.5, 0.6) is 0 Å². The largest absolute Gasteiger partial charge is 0.465 e. The predicted molar refractivity (Wildman–Crippen MR) is 61.6 cm³/mol. The van der Waals surface area contributed by atoms with Gasteiger partial charge in [-0.2, -0.15) is 0 Å². The van der Waals surface area contributed by atoms with Crippen LogP contribution in [-0.4, -0.2) is 52.1 Å². The number of aliphatic hydroxyl groups excluding tert-OH is 1. The van der Waals surface area contributed by atoms with Gasteiger partial charge in [0.25, 0.3) is 0 Å². The Morgan fingerprint density at radius 2 is 1.94 bits per heavy atom. The highest BCUT2D eigenvalue weighted by atomic mass is 16.5. The molecule has 0 bridgehead atoms. The van der Waals surface area contributed by atoms with Crippen LogP contribution in [-0.2, 0) is 4.74 Å². The minimum Gasteiger partial charge on any atom is -0.465 e. The van der Waals surface area contributed by atoms with Gasteiger partial charge < -0.3 is 14.9 Å². The summed E-state index contributed by atoms with van der Waals surface area (Å²) in [6, 6.07) is -0.544. The third kappa shape index (κ3) is 4.37. The molecule has 0 unspecified atom stereocenters. The number of hydrogen-bond acceptors (Lipinski definition) is 3. The van der Waals surface area contributed by atoms with Crippen molar-refractivity contribution in [2.45, 2.75) is 52.3 Å². The van der Waals surface area contributed by atoms with E-state index < -0.39 is 23.8 Å². The summed E-state index contributed by atoms with van der Waals surface area (Å²) in [7, 11) is 0. The van der Waals surface area contributed by atoms with Crippen molar-refractivity contribution in [2.75, 3.05) is 13.2 Å². The molecule has 0 aliphatic rings. The number of ether oxygens (including phenoxy) is 1. The van der Waals surface area contributed by atoms with E-state index in [1.165, 1.54) is 4.90 Å². The van der Waals surface area contributed by atoms with Gasteiger partial charge in [0.05, 0.1) is 18.8 Å². The molecule has 0 aliphatic heterocycles. The van der Waals surface area contributed by atoms with Crippen LogP contribution >= 0.6 is 0 Å². The average Bonchev–Trinajstić information content (AvgIpc) is 2.08. The van der Waals surface area contributed by atoms with E-state index >= 15 is 0 Å². The van der Waals surface area contributed by atoms with Crippen LogP contribution in [0, 0.1) is 0 Å². The molecule has 0 saturated heterocycles. The minimum absolute atomic E-state index is 0.206. The fourth-order valence-corrected chi connectivity index (χ4v) is 1.59. The lowest BCUT2D eigenvalue weighted by Crippen LogP contribution is -2.56. The zero-order valence-electron chi connectivity index (χ0n) is 10.7. The summed E-state index contributed by atoms with van der Waals surface area (Å²) in [6.45, 7) is 9.50. The van der Waals surface area contributed by atoms with Crippen LogP contribution < -0.4 is 0 Å². The SMILES string of the molecule is CCOC[C@@H]([C@H](C)O)N(C(=O)O)C(C)(C)C. The second kappa shape index (κ2) is 6.06. The molecule has 0 fully saturated rings. The number of rotatable bonds is 5. The first-order valence-corrected chi connectivity index (χ1v) is 5.49. The summed E-state index contributed by atoms with van der Waals surface area (Å²) >= 11 is 0. The van der Waals surface area contributed by atoms with E-state index in [9.17, 15) is 15.0 Å². The number of hydrogen-bond donors (Lipinski definition) is 2. The maximum atomic E-state index is 11.2. The van der Waals surface area contributed by atoms with E-state index in [1.807, 2.05) is 6.92 Å². The first-order valence-electron chi connectivity index (χ1n) is 5.49. The van der Waals surface area contributed by atoms with Gasteiger partial charge in [-0.05, 0) is 34.6 Å². The number of aliphatic hydroxyl groups is 1. The Morgan fingerprint density at radius 1 is 1.44 bits per heavy atom. The normalized spacial score (nSPS) is 15.6. The van der Waals surface area contributed by atoms with Crippen LogP contribution in [0.2, 0.25) is 0 Å². The van der Waals surface area contributed by atoms with Gasteiger partial charge in [0.2, 0.25) is 0 Å². The molecule has 2 atom stereocenters. The van der Waals surface area contributed by atoms with Gasteiger partial charge in [0.15, 0.2) is 0 Å². The molecule has 1 amide bonds. The first kappa shape index (κ1) is 15.2. The van der Waals surface area contributed by atoms with Gasteiger partial charge in [-0.25, -0.2) is 4.79 Å². The van der Waals surface area contributed by atoms with Crippen LogP contribution in [0.15, 0.2) is 0 Å². The summed E-state index contributed by atoms with van der Waals surface area (Å²) in [5.41, 5.74) is -0.565. The molecule has 0 aromatic carbocycles. The van der Waals surface area contributed by atoms with Crippen molar-refractivity contribution >= 4 is 6.09 Å². The smallest absolute Gasteiger partial charge is 0.408 e. The van der Waals surface area contributed by atoms with Crippen LogP contribution in [0.25, 0.3) is 0 Å². The van der Waals surface area contributed by atoms with Crippen molar-refractivity contribution < 1.29 is 19.7 Å². The summed E-state index contributed by atoms with van der Waals surface area (Å²) < 4.78 is 5.22. The summed E-state index contributed by atoms with van der Waals surface area (Å²) in [5, 5.41) is 18.8. The molecular formula is C11H23NO4. The quantitative estimate of drug-likeness (QED) is 0.756. The average molecular weight is 233 g/mol. The standard InChI is InChI=1S/C11H23NO4/c1-6-16-7-9(8(2)13)12(10(14)15)11(3,4)5/h8-9,13H,6-7H2,1-5H3,(H,14,15)/t8-,9-/m0/s1. The maximum absolute atomic E-state index is 11.2. The van der Waals surface area contributed by atoms with E-state index in [0.717, 1.165) is 0 Å². The highest BCUT2D eigenvalue weighted by Crippen LogP contribution is 2.19. The molecule has 96 valence electrons. The topological polar surface area (TPSA) is 70.0 Å². The van der Waals surface area contributed by atoms with Crippen molar-refractivity contribution in [3.8, 4) is 0 Å². The van der Waals surface area contributed by atoms with Crippen molar-refractivity contribution in [3.63, 3.8) is 0 Å². The summed E-state index contributed by atoms with van der Waals surface area (Å²) in [6.07, 6.45) is -1.81. The molecule has 2 N–H and O–H groups in total. The van der Waals surface area contributed by atoms with Gasteiger partial charge in [0.1, 0.15) is 0 Å². The van der Waals surface area contributed by atoms with Crippen LogP contribution in [0.3, 0.4) is 0 Å². The molecule has 0 spiro atoms. The van der Waals surface area contributed by atoms with Gasteiger partial charge in [-0.15, -0.1) is 0 Å². The van der Waals surface area contributed by atoms with Crippen LogP contribution in [0.4, 0.5) is 4.79 Å². The molecule has 5 heteroatoms. The molecule has 0 radical (unpaired) electrons. The Balaban J connectivity index is 4.88. The lowest BCUT2D eigenvalue weighted by Gasteiger charge is -2.40. The Kier molecular flexibility index (Phi) is 5.75. The van der Waals surface area contributed by atoms with Crippen molar-refractivity contribution in [3.05, 3.63) is 0 Å². The molecule has 0 aliphatic carbocycles. The van der Waals surface area contributed by atoms with Gasteiger partial charge in [-0.3, -0.25) is 4.90 Å². The van der Waals surface area contributed by atoms with Gasteiger partial charge >= 0.3 is 6.09 Å². The minimum atomic E-state index is -1.04. The highest BCUT2D eigenvalue weighted by Gasteiger charge is 2.35. The summed E-state index contributed by atoms with van der Waals surface area (Å²) in [5.74, 6) is 0. The lowest BCUT2D eigenvalue weighted by atomic mass is 10.0. The molecule has 0 rings (SSSR count). The Labute approximate surface area is 97.0 Å². The van der Waals surface area contributed by atoms with Crippen LogP contribution in [0.1, 0.15) is 34.6 Å². The van der Waals surface area contributed by atoms with E-state index in [4.69, 9.17) is 4.74 Å². The highest BCUT2D eigenvalue weighted by molar-refractivity contribution is 5.66. The predicted octanol–water partition coefficient (Wildman–Crippen LogP) is 1.55. The van der Waals surface area contributed by atoms with Crippen molar-refractivity contribution in [1.29, 1.82) is 0 Å². The molecule has 16 heavy (non-hydrogen) atoms. The number of amides is 1. The zero-order chi connectivity index (χ0) is 12.9. The fraction of sp³-hybridized carbons (Fsp3) is 0.909. The summed E-state index contributed by atoms with van der Waals surface area (Å²) in [4.78, 5) is 12.5. The van der Waals surface area contributed by atoms with E-state index in [1.54, 1.807) is 27.7 Å². The van der Waals surface area contributed by atoms with Gasteiger partial charge in [0, 0.05) is 12.1 Å². The third-order valence-electron chi connectivity index (χ3n) is 2.31. The Bertz CT molecular complexity index is 223. The second-order valence-corrected chi connectivity index (χ2v) is 4.79. The third-order valence-corrected chi connectivity index (χ3v) is 2.31. The van der Waals surface area contributed by atoms with E-state index in [-0.39, 0.29) is 6.61 Å². The molecule has 5 nitrogen and oxygen atoms in total. The Morgan fingerprint density at radius 3 is 2.19 bits per heavy atom. The second-order valence-electron chi connectivity index (χ2n) is 4.79. The number of nitrogens with zero attached hydrogens (tertiary/aromatic N) is 1. The monoisotopic (exact) mass is 233 g/mol. The Hall–Kier alpha value is -0.810. The number of carbonyl (C=O) groups is 1. The molecule has 0 heterocycles. The molecule has 0 aromatic rings. The first-order chi connectivity index (χ1) is 7.21.